The molecule has 0 bridgehead atoms. The predicted octanol–water partition coefficient (Wildman–Crippen LogP) is 4.16. The van der Waals surface area contributed by atoms with Gasteiger partial charge in [0.15, 0.2) is 0 Å². The van der Waals surface area contributed by atoms with E-state index in [1.807, 2.05) is 67.6 Å². The van der Waals surface area contributed by atoms with E-state index in [-0.39, 0.29) is 6.61 Å². The largest absolute Gasteiger partial charge is 0.463 e. The Kier molecular flexibility index (Phi) is 5.93. The molecule has 0 saturated heterocycles. The van der Waals surface area contributed by atoms with Crippen LogP contribution in [0.2, 0.25) is 0 Å². The molecule has 1 unspecified atom stereocenters. The van der Waals surface area contributed by atoms with Crippen molar-refractivity contribution in [1.82, 2.24) is 20.4 Å². The number of para-hydroxylation sites is 2. The van der Waals surface area contributed by atoms with E-state index in [0.29, 0.717) is 34.2 Å². The summed E-state index contributed by atoms with van der Waals surface area (Å²) in [7, 11) is 0. The number of esters is 1. The number of allylic oxidation sites excluding steroid dienone is 1. The topological polar surface area (TPSA) is 94.5 Å². The molecule has 0 spiro atoms. The Balaban J connectivity index is 1.91. The van der Waals surface area contributed by atoms with Crippen LogP contribution in [0.1, 0.15) is 31.1 Å². The van der Waals surface area contributed by atoms with Gasteiger partial charge in [-0.3, -0.25) is 0 Å². The number of aryl methyl sites for hydroxylation is 1. The Labute approximate surface area is 185 Å². The van der Waals surface area contributed by atoms with Crippen LogP contribution in [0.5, 0.6) is 11.6 Å². The van der Waals surface area contributed by atoms with E-state index in [2.05, 4.69) is 15.7 Å². The number of rotatable bonds is 6. The molecule has 1 atom stereocenters. The summed E-state index contributed by atoms with van der Waals surface area (Å²) in [6.45, 7) is 5.44. The molecule has 4 rings (SSSR count). The molecule has 8 heteroatoms. The fourth-order valence-corrected chi connectivity index (χ4v) is 3.68. The third-order valence-electron chi connectivity index (χ3n) is 5.07. The van der Waals surface area contributed by atoms with Gasteiger partial charge in [-0.05, 0) is 45.0 Å². The van der Waals surface area contributed by atoms with Gasteiger partial charge in [0.05, 0.1) is 35.2 Å². The third-order valence-corrected chi connectivity index (χ3v) is 5.07. The van der Waals surface area contributed by atoms with E-state index in [1.165, 1.54) is 0 Å². The van der Waals surface area contributed by atoms with E-state index >= 15 is 0 Å². The summed E-state index contributed by atoms with van der Waals surface area (Å²) in [5.74, 6) is 0.492. The molecule has 2 amide bonds. The Bertz CT molecular complexity index is 1170. The summed E-state index contributed by atoms with van der Waals surface area (Å²) in [6.07, 6.45) is 0. The summed E-state index contributed by atoms with van der Waals surface area (Å²) in [5, 5.41) is 10.2. The molecule has 32 heavy (non-hydrogen) atoms. The molecule has 2 heterocycles. The summed E-state index contributed by atoms with van der Waals surface area (Å²) in [5.41, 5.74) is 2.71. The Morgan fingerprint density at radius 3 is 2.38 bits per heavy atom. The van der Waals surface area contributed by atoms with Crippen LogP contribution < -0.4 is 15.4 Å². The van der Waals surface area contributed by atoms with E-state index in [0.717, 1.165) is 5.69 Å². The molecule has 2 aromatic carbocycles. The zero-order chi connectivity index (χ0) is 22.7. The smallest absolute Gasteiger partial charge is 0.338 e. The average molecular weight is 432 g/mol. The molecular formula is C24H24N4O4. The van der Waals surface area contributed by atoms with Crippen LogP contribution in [-0.2, 0) is 9.53 Å². The van der Waals surface area contributed by atoms with Crippen molar-refractivity contribution < 1.29 is 19.1 Å². The molecular weight excluding hydrogens is 408 g/mol. The monoisotopic (exact) mass is 432 g/mol. The number of amides is 2. The van der Waals surface area contributed by atoms with Gasteiger partial charge in [0.2, 0.25) is 5.88 Å². The number of carbonyl (C=O) groups is 2. The van der Waals surface area contributed by atoms with Gasteiger partial charge in [-0.2, -0.15) is 5.10 Å². The van der Waals surface area contributed by atoms with Gasteiger partial charge < -0.3 is 20.1 Å². The minimum atomic E-state index is -0.793. The fourth-order valence-electron chi connectivity index (χ4n) is 3.68. The van der Waals surface area contributed by atoms with Crippen LogP contribution >= 0.6 is 0 Å². The minimum Gasteiger partial charge on any atom is -0.463 e. The highest BCUT2D eigenvalue weighted by Gasteiger charge is 2.37. The second kappa shape index (κ2) is 8.97. The number of benzene rings is 2. The van der Waals surface area contributed by atoms with Gasteiger partial charge in [-0.25, -0.2) is 14.3 Å². The lowest BCUT2D eigenvalue weighted by molar-refractivity contribution is -0.139. The van der Waals surface area contributed by atoms with Crippen molar-refractivity contribution in [3.8, 4) is 17.3 Å². The van der Waals surface area contributed by atoms with Gasteiger partial charge in [0, 0.05) is 5.70 Å². The molecule has 0 radical (unpaired) electrons. The minimum absolute atomic E-state index is 0.214. The van der Waals surface area contributed by atoms with Crippen molar-refractivity contribution in [3.05, 3.63) is 83.2 Å². The molecule has 2 N–H and O–H groups in total. The number of urea groups is 1. The average Bonchev–Trinajstić information content (AvgIpc) is 3.10. The summed E-state index contributed by atoms with van der Waals surface area (Å²) >= 11 is 0. The van der Waals surface area contributed by atoms with Gasteiger partial charge in [-0.15, -0.1) is 0 Å². The van der Waals surface area contributed by atoms with Crippen LogP contribution in [-0.4, -0.2) is 28.4 Å². The molecule has 164 valence electrons. The lowest BCUT2D eigenvalue weighted by atomic mass is 9.95. The maximum absolute atomic E-state index is 12.8. The first-order chi connectivity index (χ1) is 15.5. The van der Waals surface area contributed by atoms with Crippen LogP contribution in [0, 0.1) is 6.92 Å². The third kappa shape index (κ3) is 4.07. The number of nitrogens with zero attached hydrogens (tertiary/aromatic N) is 2. The predicted molar refractivity (Wildman–Crippen MR) is 119 cm³/mol. The van der Waals surface area contributed by atoms with Crippen molar-refractivity contribution in [2.75, 3.05) is 6.61 Å². The number of hydrogen-bond acceptors (Lipinski definition) is 5. The highest BCUT2D eigenvalue weighted by atomic mass is 16.5. The fraction of sp³-hybridized carbons (Fsp3) is 0.208. The molecule has 3 aromatic rings. The molecule has 0 aliphatic carbocycles. The zero-order valence-electron chi connectivity index (χ0n) is 18.1. The molecule has 0 fully saturated rings. The molecule has 8 nitrogen and oxygen atoms in total. The Morgan fingerprint density at radius 2 is 1.72 bits per heavy atom. The second-order valence-electron chi connectivity index (χ2n) is 7.26. The first-order valence-electron chi connectivity index (χ1n) is 10.3. The normalized spacial score (nSPS) is 15.7. The van der Waals surface area contributed by atoms with Crippen LogP contribution in [0.25, 0.3) is 5.69 Å². The number of carbonyl (C=O) groups excluding carboxylic acids is 2. The lowest BCUT2D eigenvalue weighted by Gasteiger charge is -2.28. The van der Waals surface area contributed by atoms with Crippen LogP contribution in [0.4, 0.5) is 4.79 Å². The SMILES string of the molecule is CCOC(=O)C1=C(C)NC(=O)NC1c1c(C)nn(-c2ccccc2)c1Oc1ccccc1. The van der Waals surface area contributed by atoms with E-state index in [4.69, 9.17) is 9.47 Å². The van der Waals surface area contributed by atoms with Crippen LogP contribution in [0.3, 0.4) is 0 Å². The Morgan fingerprint density at radius 1 is 1.06 bits per heavy atom. The first-order valence-corrected chi connectivity index (χ1v) is 10.3. The molecule has 0 saturated carbocycles. The van der Waals surface area contributed by atoms with Gasteiger partial charge in [0.25, 0.3) is 0 Å². The van der Waals surface area contributed by atoms with E-state index in [1.54, 1.807) is 18.5 Å². The van der Waals surface area contributed by atoms with E-state index < -0.39 is 18.0 Å². The summed E-state index contributed by atoms with van der Waals surface area (Å²) in [4.78, 5) is 25.2. The highest BCUT2D eigenvalue weighted by Crippen LogP contribution is 2.39. The van der Waals surface area contributed by atoms with Gasteiger partial charge >= 0.3 is 12.0 Å². The summed E-state index contributed by atoms with van der Waals surface area (Å²) < 4.78 is 13.2. The molecule has 1 aliphatic heterocycles. The number of ether oxygens (including phenoxy) is 2. The van der Waals surface area contributed by atoms with E-state index in [9.17, 15) is 9.59 Å². The second-order valence-corrected chi connectivity index (χ2v) is 7.26. The van der Waals surface area contributed by atoms with Crippen LogP contribution in [0.15, 0.2) is 71.9 Å². The van der Waals surface area contributed by atoms with Gasteiger partial charge in [0.1, 0.15) is 5.75 Å². The zero-order valence-corrected chi connectivity index (χ0v) is 18.1. The number of hydrogen-bond donors (Lipinski definition) is 2. The molecule has 1 aromatic heterocycles. The molecule has 1 aliphatic rings. The van der Waals surface area contributed by atoms with Crippen molar-refractivity contribution >= 4 is 12.0 Å². The Hall–Kier alpha value is -4.07. The van der Waals surface area contributed by atoms with Crippen molar-refractivity contribution in [3.63, 3.8) is 0 Å². The van der Waals surface area contributed by atoms with Gasteiger partial charge in [-0.1, -0.05) is 36.4 Å². The maximum atomic E-state index is 12.8. The first kappa shape index (κ1) is 21.2. The maximum Gasteiger partial charge on any atom is 0.338 e. The number of aromatic nitrogens is 2. The quantitative estimate of drug-likeness (QED) is 0.571. The highest BCUT2D eigenvalue weighted by molar-refractivity contribution is 5.95. The van der Waals surface area contributed by atoms with Crippen molar-refractivity contribution in [2.45, 2.75) is 26.8 Å². The summed E-state index contributed by atoms with van der Waals surface area (Å²) in [6, 6.07) is 17.6. The lowest BCUT2D eigenvalue weighted by Crippen LogP contribution is -2.45. The number of nitrogens with one attached hydrogen (secondary N) is 2. The van der Waals surface area contributed by atoms with Crippen molar-refractivity contribution in [1.29, 1.82) is 0 Å². The standard InChI is InChI=1S/C24H24N4O4/c1-4-31-23(29)20-15(2)25-24(30)26-21(20)19-16(3)27-28(17-11-7-5-8-12-17)22(19)32-18-13-9-6-10-14-18/h5-14,21H,4H2,1-3H3,(H2,25,26,30). The van der Waals surface area contributed by atoms with Crippen molar-refractivity contribution in [2.24, 2.45) is 0 Å².